The van der Waals surface area contributed by atoms with Crippen molar-refractivity contribution in [3.8, 4) is 0 Å². The van der Waals surface area contributed by atoms with E-state index in [1.807, 2.05) is 10.7 Å². The number of nitrogens with zero attached hydrogens (tertiary/aromatic N) is 2. The molecule has 2 amide bonds. The van der Waals surface area contributed by atoms with Crippen molar-refractivity contribution in [3.63, 3.8) is 0 Å². The van der Waals surface area contributed by atoms with Crippen molar-refractivity contribution in [1.82, 2.24) is 15.4 Å². The Labute approximate surface area is 137 Å². The molecule has 0 fully saturated rings. The summed E-state index contributed by atoms with van der Waals surface area (Å²) in [6.45, 7) is 0. The number of hydrogen-bond donors (Lipinski definition) is 3. The van der Waals surface area contributed by atoms with Crippen LogP contribution in [-0.4, -0.2) is 21.8 Å². The molecule has 2 aromatic rings. The predicted octanol–water partition coefficient (Wildman–Crippen LogP) is 3.22. The number of rotatable bonds is 4. The molecule has 0 radical (unpaired) electrons. The predicted molar refractivity (Wildman–Crippen MR) is 80.3 cm³/mol. The molecule has 136 valence electrons. The van der Waals surface area contributed by atoms with Gasteiger partial charge in [-0.15, -0.1) is 0 Å². The van der Waals surface area contributed by atoms with Gasteiger partial charge in [0.2, 0.25) is 5.95 Å². The molecule has 0 aliphatic rings. The Bertz CT molecular complexity index is 799. The first kappa shape index (κ1) is 18.4. The second-order valence-corrected chi connectivity index (χ2v) is 7.01. The molecule has 0 atom stereocenters. The van der Waals surface area contributed by atoms with Crippen LogP contribution in [0.4, 0.5) is 31.1 Å². The number of benzene rings is 1. The van der Waals surface area contributed by atoms with Gasteiger partial charge in [-0.2, -0.15) is 0 Å². The number of aromatic nitrogens is 2. The first-order chi connectivity index (χ1) is 11.3. The van der Waals surface area contributed by atoms with Crippen LogP contribution in [0.15, 0.2) is 47.6 Å². The van der Waals surface area contributed by atoms with Crippen molar-refractivity contribution in [2.75, 3.05) is 10.7 Å². The highest BCUT2D eigenvalue weighted by atomic mass is 32.5. The molecule has 7 nitrogen and oxygen atoms in total. The molecule has 1 heterocycles. The molecule has 0 unspecified atom stereocenters. The molecule has 0 saturated heterocycles. The lowest BCUT2D eigenvalue weighted by molar-refractivity contribution is -0.135. The molecule has 25 heavy (non-hydrogen) atoms. The van der Waals surface area contributed by atoms with Crippen LogP contribution in [0, 0.1) is 0 Å². The molecule has 2 rings (SSSR count). The smallest absolute Gasteiger partial charge is 0.318 e. The summed E-state index contributed by atoms with van der Waals surface area (Å²) in [7, 11) is -9.79. The zero-order chi connectivity index (χ0) is 18.8. The minimum Gasteiger partial charge on any atom is -0.318 e. The van der Waals surface area contributed by atoms with Crippen LogP contribution in [0.1, 0.15) is 0 Å². The molecular formula is C12H10F5N5O2S. The largest absolute Gasteiger partial charge is 0.328 e. The summed E-state index contributed by atoms with van der Waals surface area (Å²) in [5, 5.41) is 1.95. The quantitative estimate of drug-likeness (QED) is 0.428. The zero-order valence-corrected chi connectivity index (χ0v) is 12.9. The fraction of sp³-hybridized carbons (Fsp3) is 0. The molecule has 0 bridgehead atoms. The summed E-state index contributed by atoms with van der Waals surface area (Å²) >= 11 is 0. The van der Waals surface area contributed by atoms with Gasteiger partial charge in [-0.3, -0.25) is 20.4 Å². The maximum Gasteiger partial charge on any atom is 0.328 e. The minimum atomic E-state index is -9.79. The lowest BCUT2D eigenvalue weighted by Gasteiger charge is -2.40. The highest BCUT2D eigenvalue weighted by Gasteiger charge is 2.65. The van der Waals surface area contributed by atoms with Gasteiger partial charge >= 0.3 is 22.0 Å². The Morgan fingerprint density at radius 1 is 0.880 bits per heavy atom. The minimum absolute atomic E-state index is 0.0103. The number of halogens is 5. The highest BCUT2D eigenvalue weighted by Crippen LogP contribution is 3.02. The van der Waals surface area contributed by atoms with E-state index in [0.717, 1.165) is 0 Å². The summed E-state index contributed by atoms with van der Waals surface area (Å²) in [5.74, 6) is -2.46. The van der Waals surface area contributed by atoms with E-state index in [4.69, 9.17) is 0 Å². The summed E-state index contributed by atoms with van der Waals surface area (Å²) in [4.78, 5) is 28.4. The van der Waals surface area contributed by atoms with Gasteiger partial charge in [0.25, 0.3) is 0 Å². The number of anilines is 2. The second kappa shape index (κ2) is 5.54. The van der Waals surface area contributed by atoms with E-state index in [1.54, 1.807) is 0 Å². The van der Waals surface area contributed by atoms with E-state index in [2.05, 4.69) is 15.4 Å². The van der Waals surface area contributed by atoms with Gasteiger partial charge in [-0.25, -0.2) is 9.97 Å². The van der Waals surface area contributed by atoms with Gasteiger partial charge in [0.1, 0.15) is 4.90 Å². The average molecular weight is 383 g/mol. The van der Waals surface area contributed by atoms with E-state index >= 15 is 0 Å². The molecule has 1 aromatic carbocycles. The molecule has 3 N–H and O–H groups in total. The van der Waals surface area contributed by atoms with Crippen molar-refractivity contribution in [2.24, 2.45) is 0 Å². The van der Waals surface area contributed by atoms with Crippen molar-refractivity contribution in [2.45, 2.75) is 4.90 Å². The van der Waals surface area contributed by atoms with E-state index in [-0.39, 0.29) is 23.8 Å². The van der Waals surface area contributed by atoms with Crippen LogP contribution in [0.25, 0.3) is 0 Å². The number of amides is 2. The normalized spacial score (nSPS) is 14.0. The van der Waals surface area contributed by atoms with Crippen LogP contribution >= 0.6 is 10.2 Å². The van der Waals surface area contributed by atoms with E-state index < -0.39 is 26.9 Å². The topological polar surface area (TPSA) is 96.0 Å². The number of carbonyl (C=O) groups is 2. The van der Waals surface area contributed by atoms with E-state index in [1.165, 1.54) is 18.5 Å². The molecular weight excluding hydrogens is 373 g/mol. The van der Waals surface area contributed by atoms with Crippen LogP contribution in [0.3, 0.4) is 0 Å². The molecule has 0 saturated carbocycles. The Kier molecular flexibility index (Phi) is 4.08. The summed E-state index contributed by atoms with van der Waals surface area (Å²) in [5.41, 5.74) is 3.89. The molecule has 13 heteroatoms. The van der Waals surface area contributed by atoms with Gasteiger partial charge < -0.3 is 5.32 Å². The lowest BCUT2D eigenvalue weighted by atomic mass is 10.3. The number of hydrogen-bond acceptors (Lipinski definition) is 5. The maximum atomic E-state index is 12.6. The molecule has 0 aliphatic carbocycles. The lowest BCUT2D eigenvalue weighted by Crippen LogP contribution is -2.39. The summed E-state index contributed by atoms with van der Waals surface area (Å²) < 4.78 is 62.8. The Hall–Kier alpha value is -2.96. The second-order valence-electron chi connectivity index (χ2n) is 4.60. The van der Waals surface area contributed by atoms with E-state index in [0.29, 0.717) is 12.1 Å². The van der Waals surface area contributed by atoms with Gasteiger partial charge in [-0.1, -0.05) is 19.4 Å². The third-order valence-electron chi connectivity index (χ3n) is 2.62. The summed E-state index contributed by atoms with van der Waals surface area (Å²) in [6.07, 6.45) is 2.73. The van der Waals surface area contributed by atoms with Gasteiger partial charge in [0.05, 0.1) is 0 Å². The van der Waals surface area contributed by atoms with Crippen molar-refractivity contribution < 1.29 is 29.0 Å². The molecule has 0 aliphatic heterocycles. The monoisotopic (exact) mass is 383 g/mol. The Balaban J connectivity index is 1.98. The number of nitrogens with one attached hydrogen (secondary N) is 3. The standard InChI is InChI=1S/C12H10F5N5O2S/c13-25(14,15,16,17)9-4-2-8(3-5-9)20-10(23)11(24)21-22-12-18-6-1-7-19-12/h1-7H,(H,20,23)(H,21,24)(H,18,19,22). The summed E-state index contributed by atoms with van der Waals surface area (Å²) in [6, 6.07) is 2.95. The third kappa shape index (κ3) is 5.27. The number of hydrazine groups is 1. The average Bonchev–Trinajstić information content (AvgIpc) is 2.52. The van der Waals surface area contributed by atoms with Crippen LogP contribution in [0.2, 0.25) is 0 Å². The molecule has 0 spiro atoms. The first-order valence-corrected chi connectivity index (χ1v) is 8.29. The highest BCUT2D eigenvalue weighted by molar-refractivity contribution is 8.45. The van der Waals surface area contributed by atoms with E-state index in [9.17, 15) is 29.0 Å². The molecule has 1 aromatic heterocycles. The Morgan fingerprint density at radius 2 is 1.44 bits per heavy atom. The van der Waals surface area contributed by atoms with Crippen LogP contribution in [0.5, 0.6) is 0 Å². The van der Waals surface area contributed by atoms with Gasteiger partial charge in [0, 0.05) is 18.1 Å². The fourth-order valence-corrected chi connectivity index (χ4v) is 2.17. The van der Waals surface area contributed by atoms with Crippen molar-refractivity contribution in [1.29, 1.82) is 0 Å². The first-order valence-electron chi connectivity index (χ1n) is 6.34. The third-order valence-corrected chi connectivity index (χ3v) is 3.78. The maximum absolute atomic E-state index is 12.6. The fourth-order valence-electron chi connectivity index (χ4n) is 1.52. The van der Waals surface area contributed by atoms with Crippen LogP contribution in [-0.2, 0) is 9.59 Å². The van der Waals surface area contributed by atoms with Gasteiger partial charge in [0.15, 0.2) is 0 Å². The van der Waals surface area contributed by atoms with Crippen molar-refractivity contribution in [3.05, 3.63) is 42.7 Å². The van der Waals surface area contributed by atoms with Crippen molar-refractivity contribution >= 4 is 33.7 Å². The van der Waals surface area contributed by atoms with Gasteiger partial charge in [-0.05, 0) is 30.3 Å². The Morgan fingerprint density at radius 3 is 1.96 bits per heavy atom. The number of carbonyl (C=O) groups excluding carboxylic acids is 2. The zero-order valence-electron chi connectivity index (χ0n) is 12.1. The van der Waals surface area contributed by atoms with Crippen LogP contribution < -0.4 is 16.2 Å². The SMILES string of the molecule is O=C(NNc1ncccn1)C(=O)Nc1ccc(S(F)(F)(F)(F)F)cc1.